The highest BCUT2D eigenvalue weighted by atomic mass is 32.2. The number of nitrogens with one attached hydrogen (secondary N) is 2. The van der Waals surface area contributed by atoms with E-state index in [2.05, 4.69) is 10.6 Å². The molecule has 1 atom stereocenters. The van der Waals surface area contributed by atoms with Gasteiger partial charge >= 0.3 is 6.03 Å². The number of para-hydroxylation sites is 1. The van der Waals surface area contributed by atoms with Crippen LogP contribution >= 0.6 is 0 Å². The summed E-state index contributed by atoms with van der Waals surface area (Å²) in [7, 11) is -0.930. The molecular weight excluding hydrogens is 312 g/mol. The van der Waals surface area contributed by atoms with Gasteiger partial charge in [-0.1, -0.05) is 24.3 Å². The molecule has 2 aromatic rings. The third-order valence-electron chi connectivity index (χ3n) is 3.03. The first-order valence-corrected chi connectivity index (χ1v) is 8.96. The number of anilines is 1. The quantitative estimate of drug-likeness (QED) is 0.853. The van der Waals surface area contributed by atoms with Crippen LogP contribution in [-0.4, -0.2) is 28.8 Å². The predicted molar refractivity (Wildman–Crippen MR) is 93.6 cm³/mol. The Bertz CT molecular complexity index is 689. The van der Waals surface area contributed by atoms with Crippen molar-refractivity contribution in [3.63, 3.8) is 0 Å². The Kier molecular flexibility index (Phi) is 6.17. The zero-order valence-corrected chi connectivity index (χ0v) is 14.0. The molecule has 0 saturated carbocycles. The summed E-state index contributed by atoms with van der Waals surface area (Å²) < 4.78 is 16.8. The first-order chi connectivity index (χ1) is 11.0. The molecule has 0 heterocycles. The molecule has 0 aliphatic heterocycles. The maximum Gasteiger partial charge on any atom is 0.319 e. The molecule has 0 fully saturated rings. The third-order valence-corrected chi connectivity index (χ3v) is 3.81. The Morgan fingerprint density at radius 3 is 2.61 bits per heavy atom. The number of aryl methyl sites for hydroxylation is 1. The van der Waals surface area contributed by atoms with Gasteiger partial charge in [0.05, 0.1) is 5.69 Å². The smallest absolute Gasteiger partial charge is 0.319 e. The minimum atomic E-state index is -0.930. The number of ether oxygens (including phenoxy) is 1. The second kappa shape index (κ2) is 8.33. The number of amides is 2. The predicted octanol–water partition coefficient (Wildman–Crippen LogP) is 3.29. The van der Waals surface area contributed by atoms with Crippen LogP contribution in [0.15, 0.2) is 48.5 Å². The van der Waals surface area contributed by atoms with E-state index >= 15 is 0 Å². The van der Waals surface area contributed by atoms with E-state index in [-0.39, 0.29) is 6.03 Å². The van der Waals surface area contributed by atoms with E-state index in [1.165, 1.54) is 0 Å². The van der Waals surface area contributed by atoms with Crippen molar-refractivity contribution < 1.29 is 13.7 Å². The molecule has 2 aromatic carbocycles. The van der Waals surface area contributed by atoms with Gasteiger partial charge in [-0.2, -0.15) is 0 Å². The summed E-state index contributed by atoms with van der Waals surface area (Å²) in [6.45, 7) is 2.30. The second-order valence-electron chi connectivity index (χ2n) is 5.07. The molecule has 0 saturated heterocycles. The molecule has 122 valence electrons. The summed E-state index contributed by atoms with van der Waals surface area (Å²) in [5, 5.41) is 5.45. The summed E-state index contributed by atoms with van der Waals surface area (Å²) in [5.41, 5.74) is 1.60. The minimum absolute atomic E-state index is 0.348. The fraction of sp³-hybridized carbons (Fsp3) is 0.235. The highest BCUT2D eigenvalue weighted by Gasteiger charge is 2.09. The number of carbonyl (C=O) groups excluding carboxylic acids is 1. The topological polar surface area (TPSA) is 67.4 Å². The van der Waals surface area contributed by atoms with Crippen molar-refractivity contribution in [1.29, 1.82) is 0 Å². The zero-order valence-electron chi connectivity index (χ0n) is 13.2. The Labute approximate surface area is 138 Å². The molecular formula is C17H20N2O3S. The normalized spacial score (nSPS) is 11.6. The van der Waals surface area contributed by atoms with E-state index in [0.717, 1.165) is 5.56 Å². The molecule has 6 heteroatoms. The summed E-state index contributed by atoms with van der Waals surface area (Å²) in [4.78, 5) is 11.9. The van der Waals surface area contributed by atoms with Gasteiger partial charge in [0.2, 0.25) is 0 Å². The van der Waals surface area contributed by atoms with Gasteiger partial charge in [0.25, 0.3) is 0 Å². The maximum atomic E-state index is 11.9. The van der Waals surface area contributed by atoms with Crippen LogP contribution < -0.4 is 15.4 Å². The highest BCUT2D eigenvalue weighted by Crippen LogP contribution is 2.30. The Hall–Kier alpha value is -2.34. The van der Waals surface area contributed by atoms with Crippen molar-refractivity contribution in [1.82, 2.24) is 5.32 Å². The lowest BCUT2D eigenvalue weighted by atomic mass is 10.2. The lowest BCUT2D eigenvalue weighted by molar-refractivity contribution is 0.252. The van der Waals surface area contributed by atoms with E-state index in [9.17, 15) is 9.00 Å². The number of benzene rings is 2. The van der Waals surface area contributed by atoms with Crippen molar-refractivity contribution >= 4 is 22.5 Å². The molecule has 0 unspecified atom stereocenters. The van der Waals surface area contributed by atoms with Crippen LogP contribution in [0.3, 0.4) is 0 Å². The summed E-state index contributed by atoms with van der Waals surface area (Å²) in [6, 6.07) is 14.6. The molecule has 0 aliphatic rings. The van der Waals surface area contributed by atoms with Gasteiger partial charge in [0, 0.05) is 29.4 Å². The number of hydrogen-bond acceptors (Lipinski definition) is 3. The standard InChI is InChI=1S/C17H20N2O3S/c1-13-8-9-16(22-14-6-4-3-5-7-14)15(12-13)19-17(20)18-10-11-23(2)21/h3-9,12H,10-11H2,1-2H3,(H2,18,19,20)/t23-/m1/s1. The Balaban J connectivity index is 2.06. The molecule has 2 rings (SSSR count). The molecule has 0 aliphatic carbocycles. The molecule has 0 bridgehead atoms. The molecule has 0 aromatic heterocycles. The van der Waals surface area contributed by atoms with Crippen LogP contribution in [0, 0.1) is 6.92 Å². The van der Waals surface area contributed by atoms with Gasteiger partial charge < -0.3 is 15.4 Å². The lowest BCUT2D eigenvalue weighted by Crippen LogP contribution is -2.31. The van der Waals surface area contributed by atoms with Gasteiger partial charge in [-0.15, -0.1) is 0 Å². The van der Waals surface area contributed by atoms with Crippen LogP contribution in [-0.2, 0) is 10.8 Å². The maximum absolute atomic E-state index is 11.9. The summed E-state index contributed by atoms with van der Waals surface area (Å²) >= 11 is 0. The number of urea groups is 1. The van der Waals surface area contributed by atoms with Crippen LogP contribution in [0.4, 0.5) is 10.5 Å². The first kappa shape index (κ1) is 17.0. The first-order valence-electron chi connectivity index (χ1n) is 7.23. The van der Waals surface area contributed by atoms with Crippen molar-refractivity contribution in [2.75, 3.05) is 23.9 Å². The largest absolute Gasteiger partial charge is 0.455 e. The van der Waals surface area contributed by atoms with Crippen molar-refractivity contribution in [2.24, 2.45) is 0 Å². The Morgan fingerprint density at radius 2 is 1.91 bits per heavy atom. The van der Waals surface area contributed by atoms with Gasteiger partial charge in [0.1, 0.15) is 5.75 Å². The minimum Gasteiger partial charge on any atom is -0.455 e. The molecule has 2 N–H and O–H groups in total. The van der Waals surface area contributed by atoms with Crippen molar-refractivity contribution in [3.8, 4) is 11.5 Å². The summed E-state index contributed by atoms with van der Waals surface area (Å²) in [5.74, 6) is 1.69. The SMILES string of the molecule is Cc1ccc(Oc2ccccc2)c(NC(=O)NCC[S@@](C)=O)c1. The monoisotopic (exact) mass is 332 g/mol. The van der Waals surface area contributed by atoms with E-state index < -0.39 is 10.8 Å². The fourth-order valence-electron chi connectivity index (χ4n) is 1.92. The van der Waals surface area contributed by atoms with Crippen LogP contribution in [0.25, 0.3) is 0 Å². The molecule has 2 amide bonds. The Morgan fingerprint density at radius 1 is 1.17 bits per heavy atom. The van der Waals surface area contributed by atoms with Crippen molar-refractivity contribution in [2.45, 2.75) is 6.92 Å². The number of hydrogen-bond donors (Lipinski definition) is 2. The zero-order chi connectivity index (χ0) is 16.7. The second-order valence-corrected chi connectivity index (χ2v) is 6.63. The van der Waals surface area contributed by atoms with Crippen LogP contribution in [0.5, 0.6) is 11.5 Å². The molecule has 0 radical (unpaired) electrons. The van der Waals surface area contributed by atoms with Gasteiger partial charge in [-0.25, -0.2) is 4.79 Å². The fourth-order valence-corrected chi connectivity index (χ4v) is 2.31. The molecule has 23 heavy (non-hydrogen) atoms. The van der Waals surface area contributed by atoms with E-state index in [4.69, 9.17) is 4.74 Å². The van der Waals surface area contributed by atoms with E-state index in [1.54, 1.807) is 6.26 Å². The van der Waals surface area contributed by atoms with Gasteiger partial charge in [-0.3, -0.25) is 4.21 Å². The van der Waals surface area contributed by atoms with Crippen molar-refractivity contribution in [3.05, 3.63) is 54.1 Å². The van der Waals surface area contributed by atoms with Crippen LogP contribution in [0.1, 0.15) is 5.56 Å². The number of rotatable bonds is 6. The molecule has 5 nitrogen and oxygen atoms in total. The number of carbonyl (C=O) groups is 1. The van der Waals surface area contributed by atoms with Crippen LogP contribution in [0.2, 0.25) is 0 Å². The van der Waals surface area contributed by atoms with Gasteiger partial charge in [-0.05, 0) is 36.8 Å². The van der Waals surface area contributed by atoms with E-state index in [1.807, 2.05) is 55.5 Å². The summed E-state index contributed by atoms with van der Waals surface area (Å²) in [6.07, 6.45) is 1.60. The van der Waals surface area contributed by atoms with Gasteiger partial charge in [0.15, 0.2) is 5.75 Å². The highest BCUT2D eigenvalue weighted by molar-refractivity contribution is 7.84. The van der Waals surface area contributed by atoms with E-state index in [0.29, 0.717) is 29.5 Å². The molecule has 0 spiro atoms. The third kappa shape index (κ3) is 5.75. The lowest BCUT2D eigenvalue weighted by Gasteiger charge is -2.13. The average molecular weight is 332 g/mol. The average Bonchev–Trinajstić information content (AvgIpc) is 2.50.